The summed E-state index contributed by atoms with van der Waals surface area (Å²) >= 11 is 0. The Morgan fingerprint density at radius 1 is 1.08 bits per heavy atom. The average Bonchev–Trinajstić information content (AvgIpc) is 2.96. The number of ketones is 1. The third-order valence-corrected chi connectivity index (χ3v) is 4.20. The lowest BCUT2D eigenvalue weighted by Crippen LogP contribution is -2.33. The average molecular weight is 348 g/mol. The number of rotatable bonds is 5. The first kappa shape index (κ1) is 17.5. The normalized spacial score (nSPS) is 10.6. The molecule has 0 unspecified atom stereocenters. The van der Waals surface area contributed by atoms with E-state index in [-0.39, 0.29) is 0 Å². The largest absolute Gasteiger partial charge is 0.334 e. The van der Waals surface area contributed by atoms with Crippen LogP contribution in [0.15, 0.2) is 54.9 Å². The van der Waals surface area contributed by atoms with Gasteiger partial charge < -0.3 is 4.90 Å². The molecule has 1 aromatic carbocycles. The van der Waals surface area contributed by atoms with Gasteiger partial charge in [0.15, 0.2) is 0 Å². The molecule has 0 aliphatic carbocycles. The van der Waals surface area contributed by atoms with E-state index in [1.54, 1.807) is 44.0 Å². The van der Waals surface area contributed by atoms with Crippen LogP contribution in [0.5, 0.6) is 0 Å². The number of Topliss-reactive ketones (excluding diaryl/α,β-unsaturated/α-hetero) is 1. The molecule has 0 aliphatic rings. The van der Waals surface area contributed by atoms with E-state index in [9.17, 15) is 9.59 Å². The van der Waals surface area contributed by atoms with Crippen LogP contribution in [0.2, 0.25) is 0 Å². The molecule has 0 N–H and O–H groups in total. The number of amides is 1. The molecule has 0 radical (unpaired) electrons. The number of carbonyl (C=O) groups is 2. The summed E-state index contributed by atoms with van der Waals surface area (Å²) in [6.45, 7) is 3.87. The Morgan fingerprint density at radius 3 is 2.46 bits per heavy atom. The number of aromatic nitrogens is 3. The molecule has 3 aromatic rings. The van der Waals surface area contributed by atoms with E-state index in [2.05, 4.69) is 10.1 Å². The second-order valence-electron chi connectivity index (χ2n) is 6.14. The van der Waals surface area contributed by atoms with Crippen molar-refractivity contribution in [3.05, 3.63) is 77.4 Å². The molecular formula is C20H20N4O2. The SMILES string of the molecule is Cc1nn(-c2ccccc2)c(C)c1C(=O)C(=O)N(C)Cc1cccnc1. The second-order valence-corrected chi connectivity index (χ2v) is 6.14. The van der Waals surface area contributed by atoms with Crippen LogP contribution >= 0.6 is 0 Å². The number of benzene rings is 1. The van der Waals surface area contributed by atoms with Gasteiger partial charge in [0.05, 0.1) is 22.6 Å². The van der Waals surface area contributed by atoms with Crippen molar-refractivity contribution >= 4 is 11.7 Å². The van der Waals surface area contributed by atoms with Gasteiger partial charge in [0, 0.05) is 26.0 Å². The zero-order valence-corrected chi connectivity index (χ0v) is 15.0. The van der Waals surface area contributed by atoms with Gasteiger partial charge in [-0.15, -0.1) is 0 Å². The molecule has 2 aromatic heterocycles. The van der Waals surface area contributed by atoms with Crippen molar-refractivity contribution in [1.29, 1.82) is 0 Å². The Balaban J connectivity index is 1.85. The van der Waals surface area contributed by atoms with Crippen molar-refractivity contribution < 1.29 is 9.59 Å². The van der Waals surface area contributed by atoms with Crippen LogP contribution in [0, 0.1) is 13.8 Å². The Morgan fingerprint density at radius 2 is 1.81 bits per heavy atom. The first-order chi connectivity index (χ1) is 12.5. The van der Waals surface area contributed by atoms with E-state index in [1.165, 1.54) is 4.90 Å². The second kappa shape index (κ2) is 7.31. The summed E-state index contributed by atoms with van der Waals surface area (Å²) < 4.78 is 1.69. The molecule has 3 rings (SSSR count). The van der Waals surface area contributed by atoms with Gasteiger partial charge in [0.25, 0.3) is 11.7 Å². The van der Waals surface area contributed by atoms with Crippen LogP contribution in [0.4, 0.5) is 0 Å². The van der Waals surface area contributed by atoms with E-state index >= 15 is 0 Å². The number of likely N-dealkylation sites (N-methyl/N-ethyl adjacent to an activating group) is 1. The van der Waals surface area contributed by atoms with Gasteiger partial charge in [-0.3, -0.25) is 14.6 Å². The lowest BCUT2D eigenvalue weighted by Gasteiger charge is -2.16. The van der Waals surface area contributed by atoms with Crippen molar-refractivity contribution in [1.82, 2.24) is 19.7 Å². The first-order valence-corrected chi connectivity index (χ1v) is 8.29. The first-order valence-electron chi connectivity index (χ1n) is 8.29. The van der Waals surface area contributed by atoms with Crippen molar-refractivity contribution in [2.24, 2.45) is 0 Å². The molecule has 26 heavy (non-hydrogen) atoms. The quantitative estimate of drug-likeness (QED) is 0.525. The van der Waals surface area contributed by atoms with Crippen molar-refractivity contribution in [3.8, 4) is 5.69 Å². The molecule has 0 atom stereocenters. The fourth-order valence-corrected chi connectivity index (χ4v) is 2.91. The highest BCUT2D eigenvalue weighted by atomic mass is 16.2. The summed E-state index contributed by atoms with van der Waals surface area (Å²) in [6, 6.07) is 13.2. The maximum absolute atomic E-state index is 12.8. The molecule has 6 heteroatoms. The molecule has 0 saturated heterocycles. The number of pyridine rings is 1. The molecule has 1 amide bonds. The minimum Gasteiger partial charge on any atom is -0.334 e. The summed E-state index contributed by atoms with van der Waals surface area (Å²) in [5, 5.41) is 4.44. The van der Waals surface area contributed by atoms with Gasteiger partial charge in [0.2, 0.25) is 0 Å². The minimum atomic E-state index is -0.562. The fourth-order valence-electron chi connectivity index (χ4n) is 2.91. The minimum absolute atomic E-state index is 0.323. The van der Waals surface area contributed by atoms with Crippen LogP contribution < -0.4 is 0 Å². The molecule has 0 fully saturated rings. The van der Waals surface area contributed by atoms with E-state index < -0.39 is 11.7 Å². The predicted octanol–water partition coefficient (Wildman–Crippen LogP) is 2.73. The lowest BCUT2D eigenvalue weighted by molar-refractivity contribution is -0.125. The lowest BCUT2D eigenvalue weighted by atomic mass is 10.1. The van der Waals surface area contributed by atoms with Crippen LogP contribution in [0.25, 0.3) is 5.69 Å². The standard InChI is InChI=1S/C20H20N4O2/c1-14-18(15(2)24(22-14)17-9-5-4-6-10-17)19(25)20(26)23(3)13-16-8-7-11-21-12-16/h4-12H,13H2,1-3H3. The summed E-state index contributed by atoms with van der Waals surface area (Å²) in [4.78, 5) is 30.8. The van der Waals surface area contributed by atoms with Gasteiger partial charge in [0.1, 0.15) is 0 Å². The van der Waals surface area contributed by atoms with Gasteiger partial charge in [-0.25, -0.2) is 4.68 Å². The van der Waals surface area contributed by atoms with Gasteiger partial charge in [-0.05, 0) is 37.6 Å². The third kappa shape index (κ3) is 3.39. The molecule has 0 saturated carbocycles. The van der Waals surface area contributed by atoms with E-state index in [4.69, 9.17) is 0 Å². The highest BCUT2D eigenvalue weighted by Crippen LogP contribution is 2.19. The fraction of sp³-hybridized carbons (Fsp3) is 0.200. The molecule has 2 heterocycles. The third-order valence-electron chi connectivity index (χ3n) is 4.20. The Hall–Kier alpha value is -3.28. The summed E-state index contributed by atoms with van der Waals surface area (Å²) in [5.74, 6) is -1.11. The van der Waals surface area contributed by atoms with Crippen molar-refractivity contribution in [2.45, 2.75) is 20.4 Å². The maximum Gasteiger partial charge on any atom is 0.295 e. The number of carbonyl (C=O) groups excluding carboxylic acids is 2. The Kier molecular flexibility index (Phi) is 4.93. The summed E-state index contributed by atoms with van der Waals surface area (Å²) in [5.41, 5.74) is 3.27. The summed E-state index contributed by atoms with van der Waals surface area (Å²) in [6.07, 6.45) is 3.35. The van der Waals surface area contributed by atoms with Gasteiger partial charge in [-0.1, -0.05) is 24.3 Å². The number of aryl methyl sites for hydroxylation is 1. The van der Waals surface area contributed by atoms with Crippen molar-refractivity contribution in [3.63, 3.8) is 0 Å². The van der Waals surface area contributed by atoms with Gasteiger partial charge in [-0.2, -0.15) is 5.10 Å². The van der Waals surface area contributed by atoms with E-state index in [1.807, 2.05) is 36.4 Å². The topological polar surface area (TPSA) is 68.1 Å². The molecule has 6 nitrogen and oxygen atoms in total. The van der Waals surface area contributed by atoms with E-state index in [0.717, 1.165) is 11.3 Å². The number of nitrogens with zero attached hydrogens (tertiary/aromatic N) is 4. The monoisotopic (exact) mass is 348 g/mol. The zero-order chi connectivity index (χ0) is 18.7. The molecule has 0 bridgehead atoms. The maximum atomic E-state index is 12.8. The molecule has 132 valence electrons. The number of hydrogen-bond donors (Lipinski definition) is 0. The van der Waals surface area contributed by atoms with Crippen LogP contribution in [0.1, 0.15) is 27.3 Å². The van der Waals surface area contributed by atoms with Crippen LogP contribution in [0.3, 0.4) is 0 Å². The van der Waals surface area contributed by atoms with Crippen LogP contribution in [-0.4, -0.2) is 38.4 Å². The highest BCUT2D eigenvalue weighted by Gasteiger charge is 2.27. The highest BCUT2D eigenvalue weighted by molar-refractivity contribution is 6.43. The smallest absolute Gasteiger partial charge is 0.295 e. The number of hydrogen-bond acceptors (Lipinski definition) is 4. The van der Waals surface area contributed by atoms with Gasteiger partial charge >= 0.3 is 0 Å². The Bertz CT molecular complexity index is 933. The zero-order valence-electron chi connectivity index (χ0n) is 15.0. The molecule has 0 aliphatic heterocycles. The van der Waals surface area contributed by atoms with E-state index in [0.29, 0.717) is 23.5 Å². The van der Waals surface area contributed by atoms with Crippen LogP contribution in [-0.2, 0) is 11.3 Å². The molecular weight excluding hydrogens is 328 g/mol. The Labute approximate surface area is 152 Å². The number of para-hydroxylation sites is 1. The molecule has 0 spiro atoms. The van der Waals surface area contributed by atoms with Crippen molar-refractivity contribution in [2.75, 3.05) is 7.05 Å². The summed E-state index contributed by atoms with van der Waals surface area (Å²) in [7, 11) is 1.61. The predicted molar refractivity (Wildman–Crippen MR) is 98.1 cm³/mol.